The van der Waals surface area contributed by atoms with Gasteiger partial charge in [0.1, 0.15) is 10.6 Å². The Bertz CT molecular complexity index is 1210. The average molecular weight is 465 g/mol. The van der Waals surface area contributed by atoms with Gasteiger partial charge in [0.2, 0.25) is 10.0 Å². The number of aryl methyl sites for hydroxylation is 1. The van der Waals surface area contributed by atoms with E-state index < -0.39 is 15.8 Å². The number of aromatic nitrogens is 2. The molecule has 0 bridgehead atoms. The van der Waals surface area contributed by atoms with E-state index in [-0.39, 0.29) is 23.9 Å². The molecule has 1 aromatic carbocycles. The van der Waals surface area contributed by atoms with Gasteiger partial charge >= 0.3 is 0 Å². The lowest BCUT2D eigenvalue weighted by atomic mass is 10.2. The molecule has 4 rings (SSSR count). The highest BCUT2D eigenvalue weighted by atomic mass is 32.2. The summed E-state index contributed by atoms with van der Waals surface area (Å²) in [5.41, 5.74) is 0.904. The minimum atomic E-state index is -3.71. The van der Waals surface area contributed by atoms with Gasteiger partial charge in [-0.3, -0.25) is 9.48 Å². The lowest BCUT2D eigenvalue weighted by Gasteiger charge is -2.33. The normalized spacial score (nSPS) is 15.8. The molecule has 10 heteroatoms. The van der Waals surface area contributed by atoms with E-state index in [2.05, 4.69) is 18.9 Å². The van der Waals surface area contributed by atoms with E-state index in [9.17, 15) is 17.6 Å². The van der Waals surface area contributed by atoms with Crippen LogP contribution >= 0.6 is 11.3 Å². The van der Waals surface area contributed by atoms with Gasteiger partial charge in [0.15, 0.2) is 0 Å². The number of hydrogen-bond donors (Lipinski definition) is 0. The molecule has 0 unspecified atom stereocenters. The van der Waals surface area contributed by atoms with Crippen molar-refractivity contribution in [3.63, 3.8) is 0 Å². The van der Waals surface area contributed by atoms with Crippen LogP contribution in [0.5, 0.6) is 0 Å². The summed E-state index contributed by atoms with van der Waals surface area (Å²) in [6.45, 7) is 8.02. The van der Waals surface area contributed by atoms with Crippen molar-refractivity contribution in [2.24, 2.45) is 5.92 Å². The van der Waals surface area contributed by atoms with Crippen molar-refractivity contribution < 1.29 is 17.6 Å². The summed E-state index contributed by atoms with van der Waals surface area (Å²) in [4.78, 5) is 16.5. The monoisotopic (exact) mass is 464 g/mol. The van der Waals surface area contributed by atoms with Gasteiger partial charge < -0.3 is 4.90 Å². The van der Waals surface area contributed by atoms with Crippen molar-refractivity contribution in [2.75, 3.05) is 26.2 Å². The van der Waals surface area contributed by atoms with Crippen LogP contribution in [0.25, 0.3) is 10.2 Å². The fourth-order valence-electron chi connectivity index (χ4n) is 3.73. The topological polar surface area (TPSA) is 75.5 Å². The van der Waals surface area contributed by atoms with E-state index >= 15 is 0 Å². The van der Waals surface area contributed by atoms with Crippen molar-refractivity contribution in [1.29, 1.82) is 0 Å². The number of nitrogens with zero attached hydrogens (tertiary/aromatic N) is 4. The van der Waals surface area contributed by atoms with Crippen LogP contribution in [0.3, 0.4) is 0 Å². The molecule has 1 saturated heterocycles. The zero-order valence-electron chi connectivity index (χ0n) is 17.7. The number of benzene rings is 1. The first kappa shape index (κ1) is 21.9. The molecule has 1 aliphatic heterocycles. The van der Waals surface area contributed by atoms with Crippen molar-refractivity contribution in [1.82, 2.24) is 19.0 Å². The maximum Gasteiger partial charge on any atom is 0.264 e. The van der Waals surface area contributed by atoms with Crippen molar-refractivity contribution in [3.8, 4) is 0 Å². The quantitative estimate of drug-likeness (QED) is 0.580. The predicted octanol–water partition coefficient (Wildman–Crippen LogP) is 3.35. The molecule has 0 aliphatic carbocycles. The summed E-state index contributed by atoms with van der Waals surface area (Å²) in [6, 6.07) is 6.69. The first-order valence-corrected chi connectivity index (χ1v) is 12.4. The highest BCUT2D eigenvalue weighted by Gasteiger charge is 2.31. The van der Waals surface area contributed by atoms with E-state index in [0.29, 0.717) is 23.9 Å². The number of rotatable bonds is 5. The van der Waals surface area contributed by atoms with Gasteiger partial charge in [-0.15, -0.1) is 11.3 Å². The number of sulfonamides is 1. The van der Waals surface area contributed by atoms with Gasteiger partial charge in [0.05, 0.1) is 15.5 Å². The number of piperazine rings is 1. The maximum absolute atomic E-state index is 13.1. The summed E-state index contributed by atoms with van der Waals surface area (Å²) >= 11 is 1.43. The van der Waals surface area contributed by atoms with E-state index in [1.54, 1.807) is 4.90 Å². The molecule has 1 aliphatic rings. The summed E-state index contributed by atoms with van der Waals surface area (Å²) in [6.07, 6.45) is 0. The van der Waals surface area contributed by atoms with E-state index in [4.69, 9.17) is 0 Å². The minimum absolute atomic E-state index is 0.0587. The van der Waals surface area contributed by atoms with Gasteiger partial charge in [-0.05, 0) is 43.2 Å². The summed E-state index contributed by atoms with van der Waals surface area (Å²) < 4.78 is 42.0. The van der Waals surface area contributed by atoms with Crippen LogP contribution in [0.4, 0.5) is 4.39 Å². The largest absolute Gasteiger partial charge is 0.335 e. The Balaban J connectivity index is 1.47. The van der Waals surface area contributed by atoms with Gasteiger partial charge in [0, 0.05) is 38.1 Å². The Morgan fingerprint density at radius 3 is 2.42 bits per heavy atom. The molecule has 0 atom stereocenters. The molecule has 166 valence electrons. The highest BCUT2D eigenvalue weighted by Crippen LogP contribution is 2.30. The van der Waals surface area contributed by atoms with Crippen LogP contribution in [-0.2, 0) is 16.6 Å². The number of hydrogen-bond acceptors (Lipinski definition) is 5. The number of halogens is 1. The van der Waals surface area contributed by atoms with E-state index in [0.717, 1.165) is 34.6 Å². The Kier molecular flexibility index (Phi) is 5.89. The third kappa shape index (κ3) is 4.24. The van der Waals surface area contributed by atoms with Gasteiger partial charge in [-0.25, -0.2) is 12.8 Å². The Labute approximate surface area is 185 Å². The molecule has 1 amide bonds. The molecule has 1 fully saturated rings. The Hall–Kier alpha value is -2.30. The summed E-state index contributed by atoms with van der Waals surface area (Å²) in [7, 11) is -3.71. The summed E-state index contributed by atoms with van der Waals surface area (Å²) in [5, 5.41) is 5.57. The minimum Gasteiger partial charge on any atom is -0.335 e. The van der Waals surface area contributed by atoms with Crippen LogP contribution in [0.1, 0.15) is 29.2 Å². The molecular formula is C21H25FN4O3S2. The lowest BCUT2D eigenvalue weighted by molar-refractivity contribution is 0.0703. The number of fused-ring (bicyclic) bond motifs is 1. The second-order valence-corrected chi connectivity index (χ2v) is 11.1. The molecule has 0 radical (unpaired) electrons. The molecule has 7 nitrogen and oxygen atoms in total. The van der Waals surface area contributed by atoms with Gasteiger partial charge in [0.25, 0.3) is 5.91 Å². The standard InChI is InChI=1S/C21H25FN4O3S2/c1-14(2)13-26-21-18(15(3)23-26)12-19(30-21)20(27)24-8-10-25(11-9-24)31(28,29)17-6-4-16(22)5-7-17/h4-7,12,14H,8-11,13H2,1-3H3. The average Bonchev–Trinajstić information content (AvgIpc) is 3.29. The van der Waals surface area contributed by atoms with Crippen molar-refractivity contribution >= 4 is 37.5 Å². The number of carbonyl (C=O) groups excluding carboxylic acids is 1. The van der Waals surface area contributed by atoms with Crippen molar-refractivity contribution in [2.45, 2.75) is 32.2 Å². The third-order valence-electron chi connectivity index (χ3n) is 5.33. The lowest BCUT2D eigenvalue weighted by Crippen LogP contribution is -2.50. The van der Waals surface area contributed by atoms with Crippen LogP contribution in [0.15, 0.2) is 35.2 Å². The maximum atomic E-state index is 13.1. The van der Waals surface area contributed by atoms with Crippen LogP contribution in [-0.4, -0.2) is 59.5 Å². The second kappa shape index (κ2) is 8.33. The fraction of sp³-hybridized carbons (Fsp3) is 0.429. The zero-order valence-corrected chi connectivity index (χ0v) is 19.3. The SMILES string of the molecule is Cc1nn(CC(C)C)c2sc(C(=O)N3CCN(S(=O)(=O)c4ccc(F)cc4)CC3)cc12. The molecular weight excluding hydrogens is 439 g/mol. The molecule has 3 heterocycles. The van der Waals surface area contributed by atoms with Gasteiger partial charge in [-0.2, -0.15) is 9.40 Å². The predicted molar refractivity (Wildman–Crippen MR) is 118 cm³/mol. The molecule has 0 N–H and O–H groups in total. The zero-order chi connectivity index (χ0) is 22.3. The van der Waals surface area contributed by atoms with Crippen molar-refractivity contribution in [3.05, 3.63) is 46.7 Å². The van der Waals surface area contributed by atoms with E-state index in [1.165, 1.54) is 27.8 Å². The fourth-order valence-corrected chi connectivity index (χ4v) is 6.29. The molecule has 0 spiro atoms. The third-order valence-corrected chi connectivity index (χ3v) is 8.38. The molecule has 31 heavy (non-hydrogen) atoms. The van der Waals surface area contributed by atoms with Crippen LogP contribution in [0, 0.1) is 18.7 Å². The molecule has 0 saturated carbocycles. The Morgan fingerprint density at radius 1 is 1.16 bits per heavy atom. The van der Waals surface area contributed by atoms with Crippen LogP contribution in [0.2, 0.25) is 0 Å². The first-order valence-electron chi connectivity index (χ1n) is 10.2. The summed E-state index contributed by atoms with van der Waals surface area (Å²) in [5.74, 6) is -0.125. The van der Waals surface area contributed by atoms with Crippen LogP contribution < -0.4 is 0 Å². The second-order valence-electron chi connectivity index (χ2n) is 8.14. The first-order chi connectivity index (χ1) is 14.7. The highest BCUT2D eigenvalue weighted by molar-refractivity contribution is 7.89. The Morgan fingerprint density at radius 2 is 1.81 bits per heavy atom. The van der Waals surface area contributed by atoms with E-state index in [1.807, 2.05) is 17.7 Å². The van der Waals surface area contributed by atoms with Gasteiger partial charge in [-0.1, -0.05) is 13.8 Å². The number of amides is 1. The number of carbonyl (C=O) groups is 1. The number of thiophene rings is 1. The molecule has 3 aromatic rings. The molecule has 2 aromatic heterocycles. The smallest absolute Gasteiger partial charge is 0.264 e.